The van der Waals surface area contributed by atoms with Gasteiger partial charge in [-0.05, 0) is 50.9 Å². The Balaban J connectivity index is 0.00000392. The number of nitrogens with one attached hydrogen (secondary N) is 2. The van der Waals surface area contributed by atoms with Crippen LogP contribution in [-0.2, 0) is 11.3 Å². The van der Waals surface area contributed by atoms with Gasteiger partial charge in [-0.2, -0.15) is 0 Å². The molecule has 0 radical (unpaired) electrons. The monoisotopic (exact) mass is 504 g/mol. The minimum Gasteiger partial charge on any atom is -0.491 e. The Bertz CT molecular complexity index is 592. The van der Waals surface area contributed by atoms with Crippen LogP contribution < -0.4 is 15.4 Å². The number of nitrogens with zero attached hydrogens (tertiary/aromatic N) is 2. The SMILES string of the molecule is CCC(CNC(=NC)NCc1ccc(C)cc1OCCOC)N1CCCC1.I. The van der Waals surface area contributed by atoms with Crippen LogP contribution >= 0.6 is 24.0 Å². The van der Waals surface area contributed by atoms with Crippen molar-refractivity contribution in [1.82, 2.24) is 15.5 Å². The predicted octanol–water partition coefficient (Wildman–Crippen LogP) is 3.18. The first-order valence-electron chi connectivity index (χ1n) is 10.1. The maximum atomic E-state index is 5.88. The smallest absolute Gasteiger partial charge is 0.191 e. The van der Waals surface area contributed by atoms with Crippen LogP contribution in [0.25, 0.3) is 0 Å². The Labute approximate surface area is 187 Å². The molecule has 0 bridgehead atoms. The van der Waals surface area contributed by atoms with Crippen molar-refractivity contribution in [2.24, 2.45) is 4.99 Å². The lowest BCUT2D eigenvalue weighted by Crippen LogP contribution is -2.46. The number of aliphatic imine (C=N–C) groups is 1. The summed E-state index contributed by atoms with van der Waals surface area (Å²) >= 11 is 0. The highest BCUT2D eigenvalue weighted by molar-refractivity contribution is 14.0. The zero-order valence-corrected chi connectivity index (χ0v) is 20.1. The summed E-state index contributed by atoms with van der Waals surface area (Å²) in [5.74, 6) is 1.73. The highest BCUT2D eigenvalue weighted by Crippen LogP contribution is 2.20. The van der Waals surface area contributed by atoms with Crippen molar-refractivity contribution in [2.75, 3.05) is 47.0 Å². The fourth-order valence-corrected chi connectivity index (χ4v) is 3.43. The number of halogens is 1. The summed E-state index contributed by atoms with van der Waals surface area (Å²) in [6.07, 6.45) is 3.80. The van der Waals surface area contributed by atoms with E-state index in [0.29, 0.717) is 25.8 Å². The third-order valence-electron chi connectivity index (χ3n) is 5.07. The normalized spacial score (nSPS) is 15.8. The molecule has 0 aromatic heterocycles. The van der Waals surface area contributed by atoms with Gasteiger partial charge in [-0.25, -0.2) is 0 Å². The average Bonchev–Trinajstić information content (AvgIpc) is 3.20. The molecule has 2 N–H and O–H groups in total. The number of hydrogen-bond donors (Lipinski definition) is 2. The molecule has 1 aliphatic heterocycles. The Morgan fingerprint density at radius 2 is 1.96 bits per heavy atom. The van der Waals surface area contributed by atoms with Gasteiger partial charge in [-0.3, -0.25) is 9.89 Å². The van der Waals surface area contributed by atoms with Crippen LogP contribution in [0.15, 0.2) is 23.2 Å². The Morgan fingerprint density at radius 1 is 1.21 bits per heavy atom. The number of aryl methyl sites for hydroxylation is 1. The van der Waals surface area contributed by atoms with Gasteiger partial charge in [0, 0.05) is 38.9 Å². The Hall–Kier alpha value is -1.06. The van der Waals surface area contributed by atoms with Gasteiger partial charge in [-0.15, -0.1) is 24.0 Å². The van der Waals surface area contributed by atoms with E-state index in [-0.39, 0.29) is 24.0 Å². The molecule has 1 saturated heterocycles. The quantitative estimate of drug-likeness (QED) is 0.222. The van der Waals surface area contributed by atoms with Gasteiger partial charge in [0.25, 0.3) is 0 Å². The van der Waals surface area contributed by atoms with Crippen LogP contribution in [0.2, 0.25) is 0 Å². The van der Waals surface area contributed by atoms with Gasteiger partial charge in [0.15, 0.2) is 5.96 Å². The van der Waals surface area contributed by atoms with Crippen molar-refractivity contribution < 1.29 is 9.47 Å². The van der Waals surface area contributed by atoms with Gasteiger partial charge in [0.2, 0.25) is 0 Å². The highest BCUT2D eigenvalue weighted by atomic mass is 127. The van der Waals surface area contributed by atoms with Gasteiger partial charge >= 0.3 is 0 Å². The molecular formula is C21H37IN4O2. The van der Waals surface area contributed by atoms with Crippen molar-refractivity contribution in [1.29, 1.82) is 0 Å². The van der Waals surface area contributed by atoms with Crippen molar-refractivity contribution in [3.8, 4) is 5.75 Å². The number of benzene rings is 1. The van der Waals surface area contributed by atoms with Crippen LogP contribution in [0, 0.1) is 6.92 Å². The number of guanidine groups is 1. The summed E-state index contributed by atoms with van der Waals surface area (Å²) in [4.78, 5) is 6.96. The van der Waals surface area contributed by atoms with Gasteiger partial charge < -0.3 is 20.1 Å². The summed E-state index contributed by atoms with van der Waals surface area (Å²) < 4.78 is 11.0. The largest absolute Gasteiger partial charge is 0.491 e. The molecule has 1 atom stereocenters. The fraction of sp³-hybridized carbons (Fsp3) is 0.667. The van der Waals surface area contributed by atoms with Crippen LogP contribution in [-0.4, -0.2) is 63.9 Å². The molecule has 1 fully saturated rings. The minimum absolute atomic E-state index is 0. The zero-order chi connectivity index (χ0) is 19.5. The molecule has 1 aliphatic rings. The molecule has 160 valence electrons. The van der Waals surface area contributed by atoms with Crippen LogP contribution in [0.1, 0.15) is 37.3 Å². The minimum atomic E-state index is 0. The maximum absolute atomic E-state index is 5.88. The van der Waals surface area contributed by atoms with Gasteiger partial charge in [0.05, 0.1) is 6.61 Å². The molecule has 1 unspecified atom stereocenters. The van der Waals surface area contributed by atoms with E-state index >= 15 is 0 Å². The second-order valence-corrected chi connectivity index (χ2v) is 7.06. The van der Waals surface area contributed by atoms with E-state index in [1.165, 1.54) is 31.5 Å². The summed E-state index contributed by atoms with van der Waals surface area (Å²) in [7, 11) is 3.50. The van der Waals surface area contributed by atoms with E-state index in [1.807, 2.05) is 7.05 Å². The Kier molecular flexibility index (Phi) is 12.5. The summed E-state index contributed by atoms with van der Waals surface area (Å²) in [5, 5.41) is 6.90. The molecular weight excluding hydrogens is 467 g/mol. The number of methoxy groups -OCH3 is 1. The van der Waals surface area contributed by atoms with Crippen LogP contribution in [0.4, 0.5) is 0 Å². The molecule has 0 saturated carbocycles. The molecule has 1 aromatic carbocycles. The number of hydrogen-bond acceptors (Lipinski definition) is 4. The number of ether oxygens (including phenoxy) is 2. The first-order chi connectivity index (χ1) is 13.2. The van der Waals surface area contributed by atoms with E-state index in [1.54, 1.807) is 7.11 Å². The molecule has 1 aromatic rings. The molecule has 7 heteroatoms. The van der Waals surface area contributed by atoms with Crippen molar-refractivity contribution in [2.45, 2.75) is 45.7 Å². The second-order valence-electron chi connectivity index (χ2n) is 7.06. The van der Waals surface area contributed by atoms with Gasteiger partial charge in [0.1, 0.15) is 12.4 Å². The lowest BCUT2D eigenvalue weighted by molar-refractivity contribution is 0.145. The average molecular weight is 504 g/mol. The summed E-state index contributed by atoms with van der Waals surface area (Å²) in [6, 6.07) is 6.86. The van der Waals surface area contributed by atoms with E-state index in [0.717, 1.165) is 30.2 Å². The number of likely N-dealkylation sites (tertiary alicyclic amines) is 1. The number of rotatable bonds is 10. The third-order valence-corrected chi connectivity index (χ3v) is 5.07. The lowest BCUT2D eigenvalue weighted by Gasteiger charge is -2.27. The summed E-state index contributed by atoms with van der Waals surface area (Å²) in [6.45, 7) is 9.49. The molecule has 6 nitrogen and oxygen atoms in total. The van der Waals surface area contributed by atoms with E-state index in [4.69, 9.17) is 9.47 Å². The van der Waals surface area contributed by atoms with E-state index in [9.17, 15) is 0 Å². The van der Waals surface area contributed by atoms with Crippen LogP contribution in [0.3, 0.4) is 0 Å². The standard InChI is InChI=1S/C21H36N4O2.HI/c1-5-19(25-10-6-7-11-25)16-24-21(22-3)23-15-18-9-8-17(2)14-20(18)27-13-12-26-4;/h8-9,14,19H,5-7,10-13,15-16H2,1-4H3,(H2,22,23,24);1H. The maximum Gasteiger partial charge on any atom is 0.191 e. The molecule has 0 aliphatic carbocycles. The van der Waals surface area contributed by atoms with Gasteiger partial charge in [-0.1, -0.05) is 19.1 Å². The van der Waals surface area contributed by atoms with E-state index < -0.39 is 0 Å². The lowest BCUT2D eigenvalue weighted by atomic mass is 10.1. The summed E-state index contributed by atoms with van der Waals surface area (Å²) in [5.41, 5.74) is 2.30. The molecule has 2 rings (SSSR count). The first kappa shape index (κ1) is 25.0. The van der Waals surface area contributed by atoms with E-state index in [2.05, 4.69) is 52.6 Å². The molecule has 28 heavy (non-hydrogen) atoms. The fourth-order valence-electron chi connectivity index (χ4n) is 3.43. The van der Waals surface area contributed by atoms with Crippen LogP contribution in [0.5, 0.6) is 5.75 Å². The Morgan fingerprint density at radius 3 is 2.61 bits per heavy atom. The molecule has 0 spiro atoms. The topological polar surface area (TPSA) is 58.1 Å². The van der Waals surface area contributed by atoms with Crippen molar-refractivity contribution in [3.05, 3.63) is 29.3 Å². The second kappa shape index (κ2) is 14.0. The third kappa shape index (κ3) is 8.13. The zero-order valence-electron chi connectivity index (χ0n) is 17.8. The highest BCUT2D eigenvalue weighted by Gasteiger charge is 2.20. The molecule has 0 amide bonds. The van der Waals surface area contributed by atoms with Crippen molar-refractivity contribution >= 4 is 29.9 Å². The predicted molar refractivity (Wildman–Crippen MR) is 127 cm³/mol. The first-order valence-corrected chi connectivity index (χ1v) is 10.1. The van der Waals surface area contributed by atoms with Crippen molar-refractivity contribution in [3.63, 3.8) is 0 Å². The molecule has 1 heterocycles.